The third-order valence-electron chi connectivity index (χ3n) is 7.40. The molecular formula is C32H36N2O3. The number of aliphatic hydroxyl groups is 1. The van der Waals surface area contributed by atoms with Crippen LogP contribution in [0.4, 0.5) is 11.4 Å². The molecule has 0 bridgehead atoms. The minimum Gasteiger partial charge on any atom is -0.507 e. The molecule has 0 aliphatic carbocycles. The van der Waals surface area contributed by atoms with E-state index in [4.69, 9.17) is 0 Å². The second-order valence-electron chi connectivity index (χ2n) is 9.98. The molecule has 1 atom stereocenters. The lowest BCUT2D eigenvalue weighted by Crippen LogP contribution is -2.29. The fraction of sp³-hybridized carbons (Fsp3) is 0.312. The maximum absolute atomic E-state index is 13.5. The number of aryl methyl sites for hydroxylation is 2. The molecule has 1 amide bonds. The van der Waals surface area contributed by atoms with Crippen molar-refractivity contribution in [2.24, 2.45) is 0 Å². The SMILES string of the molecule is CCN(CC)c1ccc(C2/C(=C(/O)c3ccc(C)c(C)c3)C(=O)C(=O)N2c2ccc(C(C)C)cc2)cc1. The number of Topliss-reactive ketones (excluding diaryl/α,β-unsaturated/α-hetero) is 1. The van der Waals surface area contributed by atoms with Crippen LogP contribution in [0, 0.1) is 13.8 Å². The van der Waals surface area contributed by atoms with Crippen LogP contribution in [0.1, 0.15) is 67.5 Å². The van der Waals surface area contributed by atoms with Crippen LogP contribution in [0.5, 0.6) is 0 Å². The Balaban J connectivity index is 1.89. The first-order chi connectivity index (χ1) is 17.7. The molecule has 5 heteroatoms. The number of aliphatic hydroxyl groups excluding tert-OH is 1. The summed E-state index contributed by atoms with van der Waals surface area (Å²) in [5.41, 5.74) is 6.35. The third kappa shape index (κ3) is 4.91. The lowest BCUT2D eigenvalue weighted by Gasteiger charge is -2.27. The van der Waals surface area contributed by atoms with Crippen LogP contribution in [0.25, 0.3) is 5.76 Å². The minimum absolute atomic E-state index is 0.108. The Bertz CT molecular complexity index is 1330. The second kappa shape index (κ2) is 10.6. The maximum atomic E-state index is 13.5. The highest BCUT2D eigenvalue weighted by Gasteiger charge is 2.47. The number of rotatable bonds is 7. The molecule has 0 aromatic heterocycles. The first-order valence-corrected chi connectivity index (χ1v) is 13.0. The molecule has 1 heterocycles. The van der Waals surface area contributed by atoms with Gasteiger partial charge in [-0.3, -0.25) is 14.5 Å². The first kappa shape index (κ1) is 26.2. The van der Waals surface area contributed by atoms with E-state index < -0.39 is 17.7 Å². The predicted octanol–water partition coefficient (Wildman–Crippen LogP) is 6.90. The van der Waals surface area contributed by atoms with Crippen LogP contribution < -0.4 is 9.80 Å². The number of hydrogen-bond acceptors (Lipinski definition) is 4. The number of hydrogen-bond donors (Lipinski definition) is 1. The van der Waals surface area contributed by atoms with Crippen LogP contribution >= 0.6 is 0 Å². The average molecular weight is 497 g/mol. The van der Waals surface area contributed by atoms with Gasteiger partial charge in [-0.05, 0) is 86.2 Å². The molecule has 3 aromatic rings. The molecule has 37 heavy (non-hydrogen) atoms. The fourth-order valence-corrected chi connectivity index (χ4v) is 4.93. The standard InChI is InChI=1S/C32H36N2O3/c1-7-33(8-2)26-15-13-24(14-16-26)29-28(30(35)25-10-9-21(5)22(6)19-25)31(36)32(37)34(29)27-17-11-23(12-18-27)20(3)4/h9-20,29,35H,7-8H2,1-6H3/b30-28-. The van der Waals surface area contributed by atoms with Gasteiger partial charge in [-0.25, -0.2) is 0 Å². The topological polar surface area (TPSA) is 60.9 Å². The zero-order valence-corrected chi connectivity index (χ0v) is 22.6. The molecule has 1 aliphatic heterocycles. The molecule has 1 N–H and O–H groups in total. The van der Waals surface area contributed by atoms with E-state index in [-0.39, 0.29) is 11.3 Å². The van der Waals surface area contributed by atoms with E-state index in [0.717, 1.165) is 41.0 Å². The Kier molecular flexibility index (Phi) is 7.53. The fourth-order valence-electron chi connectivity index (χ4n) is 4.93. The summed E-state index contributed by atoms with van der Waals surface area (Å²) in [6.07, 6.45) is 0. The van der Waals surface area contributed by atoms with E-state index in [1.807, 2.05) is 74.5 Å². The van der Waals surface area contributed by atoms with Crippen molar-refractivity contribution in [1.29, 1.82) is 0 Å². The van der Waals surface area contributed by atoms with Crippen molar-refractivity contribution in [3.05, 3.63) is 100 Å². The molecular weight excluding hydrogens is 460 g/mol. The van der Waals surface area contributed by atoms with Crippen LogP contribution in [-0.4, -0.2) is 29.9 Å². The number of anilines is 2. The summed E-state index contributed by atoms with van der Waals surface area (Å²) in [4.78, 5) is 30.7. The molecule has 0 spiro atoms. The molecule has 4 rings (SSSR count). The minimum atomic E-state index is -0.739. The van der Waals surface area contributed by atoms with E-state index >= 15 is 0 Å². The van der Waals surface area contributed by atoms with Crippen molar-refractivity contribution in [2.75, 3.05) is 22.9 Å². The van der Waals surface area contributed by atoms with Gasteiger partial charge < -0.3 is 10.0 Å². The van der Waals surface area contributed by atoms with Gasteiger partial charge in [0.1, 0.15) is 5.76 Å². The van der Waals surface area contributed by atoms with E-state index in [1.165, 1.54) is 4.90 Å². The molecule has 1 fully saturated rings. The van der Waals surface area contributed by atoms with Crippen molar-refractivity contribution in [3.63, 3.8) is 0 Å². The Hall–Kier alpha value is -3.86. The number of benzene rings is 3. The lowest BCUT2D eigenvalue weighted by atomic mass is 9.94. The highest BCUT2D eigenvalue weighted by Crippen LogP contribution is 2.43. The molecule has 3 aromatic carbocycles. The first-order valence-electron chi connectivity index (χ1n) is 13.0. The predicted molar refractivity (Wildman–Crippen MR) is 151 cm³/mol. The second-order valence-corrected chi connectivity index (χ2v) is 9.98. The molecule has 5 nitrogen and oxygen atoms in total. The summed E-state index contributed by atoms with van der Waals surface area (Å²) in [5, 5.41) is 11.4. The largest absolute Gasteiger partial charge is 0.507 e. The van der Waals surface area contributed by atoms with Crippen molar-refractivity contribution in [3.8, 4) is 0 Å². The molecule has 0 radical (unpaired) electrons. The Morgan fingerprint density at radius 3 is 2.05 bits per heavy atom. The highest BCUT2D eigenvalue weighted by molar-refractivity contribution is 6.51. The monoisotopic (exact) mass is 496 g/mol. The molecule has 1 aliphatic rings. The van der Waals surface area contributed by atoms with Gasteiger partial charge in [-0.15, -0.1) is 0 Å². The highest BCUT2D eigenvalue weighted by atomic mass is 16.3. The van der Waals surface area contributed by atoms with Gasteiger partial charge in [0.05, 0.1) is 11.6 Å². The maximum Gasteiger partial charge on any atom is 0.300 e. The summed E-state index contributed by atoms with van der Waals surface area (Å²) in [7, 11) is 0. The number of ketones is 1. The van der Waals surface area contributed by atoms with Gasteiger partial charge in [0, 0.05) is 30.0 Å². The normalized spacial score (nSPS) is 17.1. The van der Waals surface area contributed by atoms with Gasteiger partial charge >= 0.3 is 0 Å². The Labute approximate surface area is 220 Å². The van der Waals surface area contributed by atoms with Crippen molar-refractivity contribution >= 4 is 28.8 Å². The van der Waals surface area contributed by atoms with Crippen molar-refractivity contribution in [2.45, 2.75) is 53.5 Å². The lowest BCUT2D eigenvalue weighted by molar-refractivity contribution is -0.132. The zero-order chi connectivity index (χ0) is 26.9. The van der Waals surface area contributed by atoms with Gasteiger partial charge in [0.15, 0.2) is 0 Å². The molecule has 1 saturated heterocycles. The summed E-state index contributed by atoms with van der Waals surface area (Å²) in [5.74, 6) is -1.12. The summed E-state index contributed by atoms with van der Waals surface area (Å²) in [6.45, 7) is 14.2. The van der Waals surface area contributed by atoms with Crippen LogP contribution in [0.2, 0.25) is 0 Å². The van der Waals surface area contributed by atoms with E-state index in [2.05, 4.69) is 32.6 Å². The molecule has 1 unspecified atom stereocenters. The number of carbonyl (C=O) groups is 2. The van der Waals surface area contributed by atoms with E-state index in [1.54, 1.807) is 6.07 Å². The van der Waals surface area contributed by atoms with Crippen molar-refractivity contribution < 1.29 is 14.7 Å². The average Bonchev–Trinajstić information content (AvgIpc) is 3.16. The molecule has 0 saturated carbocycles. The van der Waals surface area contributed by atoms with E-state index in [9.17, 15) is 14.7 Å². The van der Waals surface area contributed by atoms with Crippen LogP contribution in [-0.2, 0) is 9.59 Å². The quantitative estimate of drug-likeness (QED) is 0.220. The Morgan fingerprint density at radius 2 is 1.51 bits per heavy atom. The Morgan fingerprint density at radius 1 is 0.892 bits per heavy atom. The number of nitrogens with zero attached hydrogens (tertiary/aromatic N) is 2. The van der Waals surface area contributed by atoms with Gasteiger partial charge in [-0.2, -0.15) is 0 Å². The van der Waals surface area contributed by atoms with Gasteiger partial charge in [0.2, 0.25) is 0 Å². The van der Waals surface area contributed by atoms with Gasteiger partial charge in [0.25, 0.3) is 11.7 Å². The number of carbonyl (C=O) groups excluding carboxylic acids is 2. The van der Waals surface area contributed by atoms with Crippen LogP contribution in [0.15, 0.2) is 72.3 Å². The summed E-state index contributed by atoms with van der Waals surface area (Å²) < 4.78 is 0. The summed E-state index contributed by atoms with van der Waals surface area (Å²) >= 11 is 0. The van der Waals surface area contributed by atoms with Crippen LogP contribution in [0.3, 0.4) is 0 Å². The van der Waals surface area contributed by atoms with Crippen molar-refractivity contribution in [1.82, 2.24) is 0 Å². The molecule has 192 valence electrons. The number of amides is 1. The zero-order valence-electron chi connectivity index (χ0n) is 22.6. The summed E-state index contributed by atoms with van der Waals surface area (Å²) in [6, 6.07) is 20.5. The third-order valence-corrected chi connectivity index (χ3v) is 7.40. The van der Waals surface area contributed by atoms with Gasteiger partial charge in [-0.1, -0.05) is 50.2 Å². The van der Waals surface area contributed by atoms with E-state index in [0.29, 0.717) is 17.2 Å². The smallest absolute Gasteiger partial charge is 0.300 e.